The summed E-state index contributed by atoms with van der Waals surface area (Å²) >= 11 is 6.21. The van der Waals surface area contributed by atoms with Crippen molar-refractivity contribution in [1.82, 2.24) is 5.32 Å². The molecule has 0 amide bonds. The molecule has 1 aliphatic rings. The second-order valence-electron chi connectivity index (χ2n) is 5.59. The lowest BCUT2D eigenvalue weighted by Crippen LogP contribution is -2.33. The SMILES string of the molecule is COc1cc(CNC2CCC(CO)CC2)cc(Cl)c1OC. The zero-order valence-electron chi connectivity index (χ0n) is 12.7. The summed E-state index contributed by atoms with van der Waals surface area (Å²) in [7, 11) is 3.20. The van der Waals surface area contributed by atoms with Gasteiger partial charge < -0.3 is 19.9 Å². The Hall–Kier alpha value is -0.970. The van der Waals surface area contributed by atoms with E-state index in [4.69, 9.17) is 26.2 Å². The number of hydrogen-bond acceptors (Lipinski definition) is 4. The van der Waals surface area contributed by atoms with Crippen molar-refractivity contribution in [3.05, 3.63) is 22.7 Å². The number of benzene rings is 1. The Morgan fingerprint density at radius 3 is 2.48 bits per heavy atom. The highest BCUT2D eigenvalue weighted by atomic mass is 35.5. The fourth-order valence-electron chi connectivity index (χ4n) is 2.88. The summed E-state index contributed by atoms with van der Waals surface area (Å²) < 4.78 is 10.6. The van der Waals surface area contributed by atoms with Gasteiger partial charge in [-0.1, -0.05) is 11.6 Å². The van der Waals surface area contributed by atoms with E-state index in [1.165, 1.54) is 0 Å². The molecule has 1 aromatic rings. The van der Waals surface area contributed by atoms with Gasteiger partial charge in [0.1, 0.15) is 0 Å². The molecule has 0 saturated heterocycles. The van der Waals surface area contributed by atoms with Gasteiger partial charge >= 0.3 is 0 Å². The topological polar surface area (TPSA) is 50.7 Å². The van der Waals surface area contributed by atoms with Crippen molar-refractivity contribution < 1.29 is 14.6 Å². The number of methoxy groups -OCH3 is 2. The van der Waals surface area contributed by atoms with E-state index in [1.54, 1.807) is 14.2 Å². The Morgan fingerprint density at radius 1 is 1.19 bits per heavy atom. The molecule has 0 aromatic heterocycles. The first-order valence-corrected chi connectivity index (χ1v) is 7.80. The third-order valence-electron chi connectivity index (χ3n) is 4.19. The largest absolute Gasteiger partial charge is 0.493 e. The van der Waals surface area contributed by atoms with E-state index < -0.39 is 0 Å². The van der Waals surface area contributed by atoms with Gasteiger partial charge in [-0.3, -0.25) is 0 Å². The molecule has 1 aromatic carbocycles. The molecule has 0 radical (unpaired) electrons. The van der Waals surface area contributed by atoms with Crippen LogP contribution in [0.4, 0.5) is 0 Å². The lowest BCUT2D eigenvalue weighted by Gasteiger charge is -2.28. The molecule has 0 heterocycles. The highest BCUT2D eigenvalue weighted by molar-refractivity contribution is 6.32. The molecule has 0 bridgehead atoms. The van der Waals surface area contributed by atoms with Crippen molar-refractivity contribution in [3.8, 4) is 11.5 Å². The molecule has 4 nitrogen and oxygen atoms in total. The summed E-state index contributed by atoms with van der Waals surface area (Å²) in [5.41, 5.74) is 1.09. The van der Waals surface area contributed by atoms with Gasteiger partial charge in [0, 0.05) is 19.2 Å². The van der Waals surface area contributed by atoms with Crippen LogP contribution in [0, 0.1) is 5.92 Å². The van der Waals surface area contributed by atoms with Crippen LogP contribution in [0.3, 0.4) is 0 Å². The van der Waals surface area contributed by atoms with Crippen LogP contribution in [0.1, 0.15) is 31.2 Å². The zero-order chi connectivity index (χ0) is 15.2. The Balaban J connectivity index is 1.93. The second kappa shape index (κ2) is 7.87. The fourth-order valence-corrected chi connectivity index (χ4v) is 3.20. The second-order valence-corrected chi connectivity index (χ2v) is 6.00. The number of aliphatic hydroxyl groups is 1. The van der Waals surface area contributed by atoms with Gasteiger partial charge in [0.25, 0.3) is 0 Å². The third-order valence-corrected chi connectivity index (χ3v) is 4.47. The van der Waals surface area contributed by atoms with Crippen molar-refractivity contribution in [1.29, 1.82) is 0 Å². The Labute approximate surface area is 131 Å². The molecule has 0 spiro atoms. The van der Waals surface area contributed by atoms with E-state index >= 15 is 0 Å². The maximum Gasteiger partial charge on any atom is 0.179 e. The molecule has 1 aliphatic carbocycles. The molecular weight excluding hydrogens is 290 g/mol. The average molecular weight is 314 g/mol. The zero-order valence-corrected chi connectivity index (χ0v) is 13.4. The van der Waals surface area contributed by atoms with Gasteiger partial charge in [-0.05, 0) is 49.3 Å². The first-order chi connectivity index (χ1) is 10.2. The lowest BCUT2D eigenvalue weighted by atomic mass is 9.86. The van der Waals surface area contributed by atoms with E-state index in [-0.39, 0.29) is 0 Å². The third kappa shape index (κ3) is 4.25. The first kappa shape index (κ1) is 16.4. The number of rotatable bonds is 6. The van der Waals surface area contributed by atoms with Crippen LogP contribution in [-0.4, -0.2) is 32.0 Å². The van der Waals surface area contributed by atoms with Crippen LogP contribution in [-0.2, 0) is 6.54 Å². The number of aliphatic hydroxyl groups excluding tert-OH is 1. The van der Waals surface area contributed by atoms with Crippen molar-refractivity contribution in [3.63, 3.8) is 0 Å². The van der Waals surface area contributed by atoms with Crippen LogP contribution in [0.5, 0.6) is 11.5 Å². The maximum atomic E-state index is 9.16. The van der Waals surface area contributed by atoms with Crippen LogP contribution in [0.2, 0.25) is 5.02 Å². The highest BCUT2D eigenvalue weighted by Crippen LogP contribution is 2.36. The van der Waals surface area contributed by atoms with Crippen molar-refractivity contribution in [2.45, 2.75) is 38.3 Å². The molecule has 5 heteroatoms. The van der Waals surface area contributed by atoms with Crippen molar-refractivity contribution >= 4 is 11.6 Å². The van der Waals surface area contributed by atoms with Gasteiger partial charge in [0.05, 0.1) is 19.2 Å². The van der Waals surface area contributed by atoms with E-state index in [0.717, 1.165) is 37.8 Å². The van der Waals surface area contributed by atoms with E-state index in [0.29, 0.717) is 35.1 Å². The Bertz CT molecular complexity index is 459. The molecule has 1 fully saturated rings. The van der Waals surface area contributed by atoms with Gasteiger partial charge in [0.2, 0.25) is 0 Å². The van der Waals surface area contributed by atoms with Crippen LogP contribution < -0.4 is 14.8 Å². The van der Waals surface area contributed by atoms with Crippen LogP contribution >= 0.6 is 11.6 Å². The summed E-state index contributed by atoms with van der Waals surface area (Å²) in [6, 6.07) is 4.38. The molecule has 118 valence electrons. The Kier molecular flexibility index (Phi) is 6.15. The van der Waals surface area contributed by atoms with Gasteiger partial charge in [-0.2, -0.15) is 0 Å². The molecule has 0 atom stereocenters. The highest BCUT2D eigenvalue weighted by Gasteiger charge is 2.20. The van der Waals surface area contributed by atoms with E-state index in [1.807, 2.05) is 12.1 Å². The lowest BCUT2D eigenvalue weighted by molar-refractivity contribution is 0.175. The first-order valence-electron chi connectivity index (χ1n) is 7.42. The number of nitrogens with one attached hydrogen (secondary N) is 1. The Morgan fingerprint density at radius 2 is 1.90 bits per heavy atom. The summed E-state index contributed by atoms with van der Waals surface area (Å²) in [4.78, 5) is 0. The maximum absolute atomic E-state index is 9.16. The standard InChI is InChI=1S/C16H24ClNO3/c1-20-15-8-12(7-14(17)16(15)21-2)9-18-13-5-3-11(10-19)4-6-13/h7-8,11,13,18-19H,3-6,9-10H2,1-2H3. The van der Waals surface area contributed by atoms with Crippen molar-refractivity contribution in [2.24, 2.45) is 5.92 Å². The predicted molar refractivity (Wildman–Crippen MR) is 84.2 cm³/mol. The molecular formula is C16H24ClNO3. The number of hydrogen-bond donors (Lipinski definition) is 2. The van der Waals surface area contributed by atoms with Gasteiger partial charge in [0.15, 0.2) is 11.5 Å². The minimum atomic E-state index is 0.317. The van der Waals surface area contributed by atoms with Crippen molar-refractivity contribution in [2.75, 3.05) is 20.8 Å². The average Bonchev–Trinajstić information content (AvgIpc) is 2.52. The van der Waals surface area contributed by atoms with Crippen LogP contribution in [0.15, 0.2) is 12.1 Å². The minimum absolute atomic E-state index is 0.317. The minimum Gasteiger partial charge on any atom is -0.493 e. The molecule has 1 saturated carbocycles. The number of ether oxygens (including phenoxy) is 2. The summed E-state index contributed by atoms with van der Waals surface area (Å²) in [6.07, 6.45) is 4.43. The molecule has 21 heavy (non-hydrogen) atoms. The summed E-state index contributed by atoms with van der Waals surface area (Å²) in [5.74, 6) is 1.72. The van der Waals surface area contributed by atoms with E-state index in [9.17, 15) is 0 Å². The smallest absolute Gasteiger partial charge is 0.179 e. The molecule has 2 N–H and O–H groups in total. The predicted octanol–water partition coefficient (Wildman–Crippen LogP) is 3.00. The summed E-state index contributed by atoms with van der Waals surface area (Å²) in [6.45, 7) is 1.08. The molecule has 0 aliphatic heterocycles. The van der Waals surface area contributed by atoms with Gasteiger partial charge in [-0.15, -0.1) is 0 Å². The van der Waals surface area contributed by atoms with E-state index in [2.05, 4.69) is 5.32 Å². The normalized spacial score (nSPS) is 22.1. The molecule has 0 unspecified atom stereocenters. The van der Waals surface area contributed by atoms with Crippen LogP contribution in [0.25, 0.3) is 0 Å². The quantitative estimate of drug-likeness (QED) is 0.847. The summed E-state index contributed by atoms with van der Waals surface area (Å²) in [5, 5.41) is 13.3. The molecule has 2 rings (SSSR count). The van der Waals surface area contributed by atoms with Gasteiger partial charge in [-0.25, -0.2) is 0 Å². The fraction of sp³-hybridized carbons (Fsp3) is 0.625. The monoisotopic (exact) mass is 313 g/mol. The number of halogens is 1.